The summed E-state index contributed by atoms with van der Waals surface area (Å²) < 4.78 is 0. The summed E-state index contributed by atoms with van der Waals surface area (Å²) in [7, 11) is 0. The molecule has 1 rings (SSSR count). The fourth-order valence-electron chi connectivity index (χ4n) is 0.968. The Labute approximate surface area is 75.3 Å². The van der Waals surface area contributed by atoms with Crippen LogP contribution in [0.1, 0.15) is 33.6 Å². The first kappa shape index (κ1) is 9.56. The Morgan fingerprint density at radius 3 is 2.42 bits per heavy atom. The number of nitrogens with two attached hydrogens (primary N) is 1. The van der Waals surface area contributed by atoms with Crippen molar-refractivity contribution in [3.63, 3.8) is 0 Å². The summed E-state index contributed by atoms with van der Waals surface area (Å²) in [5.74, 6) is 2.88. The monoisotopic (exact) mass is 168 g/mol. The van der Waals surface area contributed by atoms with Gasteiger partial charge in [-0.15, -0.1) is 0 Å². The van der Waals surface area contributed by atoms with E-state index in [2.05, 4.69) is 25.8 Å². The number of rotatable bonds is 4. The lowest BCUT2D eigenvalue weighted by molar-refractivity contribution is 0.430. The van der Waals surface area contributed by atoms with Gasteiger partial charge in [-0.3, -0.25) is 4.99 Å². The average molecular weight is 168 g/mol. The highest BCUT2D eigenvalue weighted by atomic mass is 14.9. The summed E-state index contributed by atoms with van der Waals surface area (Å²) in [5, 5.41) is 0. The van der Waals surface area contributed by atoms with Crippen molar-refractivity contribution >= 4 is 5.84 Å². The van der Waals surface area contributed by atoms with E-state index in [9.17, 15) is 0 Å². The Kier molecular flexibility index (Phi) is 3.12. The normalized spacial score (nSPS) is 21.5. The summed E-state index contributed by atoms with van der Waals surface area (Å²) in [6.45, 7) is 7.59. The molecule has 0 aliphatic heterocycles. The molecule has 2 N–H and O–H groups in total. The van der Waals surface area contributed by atoms with E-state index >= 15 is 0 Å². The van der Waals surface area contributed by atoms with Crippen LogP contribution >= 0.6 is 0 Å². The highest BCUT2D eigenvalue weighted by molar-refractivity contribution is 5.84. The van der Waals surface area contributed by atoms with Crippen LogP contribution in [0.3, 0.4) is 0 Å². The first-order valence-electron chi connectivity index (χ1n) is 4.91. The van der Waals surface area contributed by atoms with Gasteiger partial charge in [0.1, 0.15) is 0 Å². The van der Waals surface area contributed by atoms with Crippen LogP contribution in [0, 0.1) is 17.8 Å². The molecule has 1 aliphatic carbocycles. The van der Waals surface area contributed by atoms with E-state index in [1.165, 1.54) is 12.8 Å². The molecule has 0 aromatic heterocycles. The molecular weight excluding hydrogens is 148 g/mol. The molecule has 1 saturated carbocycles. The Balaban J connectivity index is 2.26. The summed E-state index contributed by atoms with van der Waals surface area (Å²) in [4.78, 5) is 4.40. The van der Waals surface area contributed by atoms with Crippen LogP contribution in [0.4, 0.5) is 0 Å². The standard InChI is InChI=1S/C10H20N2/c1-7(2)8(3)6-12-10(11)9-4-5-9/h7-9H,4-6H2,1-3H3,(H2,11,12). The van der Waals surface area contributed by atoms with Gasteiger partial charge in [0.05, 0.1) is 5.84 Å². The van der Waals surface area contributed by atoms with E-state index in [1.807, 2.05) is 0 Å². The first-order valence-corrected chi connectivity index (χ1v) is 4.91. The van der Waals surface area contributed by atoms with Gasteiger partial charge >= 0.3 is 0 Å². The van der Waals surface area contributed by atoms with Crippen molar-refractivity contribution in [2.24, 2.45) is 28.5 Å². The van der Waals surface area contributed by atoms with E-state index < -0.39 is 0 Å². The quantitative estimate of drug-likeness (QED) is 0.506. The second-order valence-corrected chi connectivity index (χ2v) is 4.26. The van der Waals surface area contributed by atoms with Gasteiger partial charge in [-0.05, 0) is 24.7 Å². The third-order valence-electron chi connectivity index (χ3n) is 2.70. The minimum atomic E-state index is 0.629. The zero-order chi connectivity index (χ0) is 9.14. The van der Waals surface area contributed by atoms with E-state index in [0.29, 0.717) is 17.8 Å². The van der Waals surface area contributed by atoms with Crippen molar-refractivity contribution in [3.05, 3.63) is 0 Å². The van der Waals surface area contributed by atoms with Gasteiger partial charge in [-0.25, -0.2) is 0 Å². The minimum Gasteiger partial charge on any atom is -0.387 e. The van der Waals surface area contributed by atoms with Gasteiger partial charge in [0, 0.05) is 12.5 Å². The molecule has 0 saturated heterocycles. The minimum absolute atomic E-state index is 0.629. The molecule has 0 heterocycles. The van der Waals surface area contributed by atoms with Gasteiger partial charge in [-0.1, -0.05) is 20.8 Å². The van der Waals surface area contributed by atoms with Crippen LogP contribution in [0.5, 0.6) is 0 Å². The Morgan fingerprint density at radius 2 is 2.00 bits per heavy atom. The number of nitrogens with zero attached hydrogens (tertiary/aromatic N) is 1. The summed E-state index contributed by atoms with van der Waals surface area (Å²) in [5.41, 5.74) is 5.78. The van der Waals surface area contributed by atoms with E-state index in [4.69, 9.17) is 5.73 Å². The molecule has 0 aromatic carbocycles. The molecule has 0 radical (unpaired) electrons. The fourth-order valence-corrected chi connectivity index (χ4v) is 0.968. The van der Waals surface area contributed by atoms with Crippen LogP contribution in [0.25, 0.3) is 0 Å². The van der Waals surface area contributed by atoms with E-state index in [-0.39, 0.29) is 0 Å². The molecule has 70 valence electrons. The molecule has 0 bridgehead atoms. The predicted octanol–water partition coefficient (Wildman–Crippen LogP) is 2.05. The maximum atomic E-state index is 5.78. The molecule has 0 spiro atoms. The molecule has 1 atom stereocenters. The Morgan fingerprint density at radius 1 is 1.42 bits per heavy atom. The van der Waals surface area contributed by atoms with E-state index in [0.717, 1.165) is 12.4 Å². The van der Waals surface area contributed by atoms with Crippen LogP contribution < -0.4 is 5.73 Å². The maximum Gasteiger partial charge on any atom is 0.0968 e. The zero-order valence-corrected chi connectivity index (χ0v) is 8.38. The molecule has 1 fully saturated rings. The lowest BCUT2D eigenvalue weighted by atomic mass is 9.98. The first-order chi connectivity index (χ1) is 5.61. The lowest BCUT2D eigenvalue weighted by Gasteiger charge is -2.12. The molecule has 2 nitrogen and oxygen atoms in total. The number of hydrogen-bond acceptors (Lipinski definition) is 1. The Hall–Kier alpha value is -0.530. The topological polar surface area (TPSA) is 38.4 Å². The van der Waals surface area contributed by atoms with Crippen molar-refractivity contribution in [1.82, 2.24) is 0 Å². The van der Waals surface area contributed by atoms with Crippen molar-refractivity contribution < 1.29 is 0 Å². The summed E-state index contributed by atoms with van der Waals surface area (Å²) in [6.07, 6.45) is 2.51. The van der Waals surface area contributed by atoms with Crippen molar-refractivity contribution in [3.8, 4) is 0 Å². The Bertz CT molecular complexity index is 169. The molecule has 2 heteroatoms. The predicted molar refractivity (Wildman–Crippen MR) is 53.2 cm³/mol. The molecule has 0 amide bonds. The second-order valence-electron chi connectivity index (χ2n) is 4.26. The highest BCUT2D eigenvalue weighted by Gasteiger charge is 2.25. The number of amidine groups is 1. The lowest BCUT2D eigenvalue weighted by Crippen LogP contribution is -2.17. The summed E-state index contributed by atoms with van der Waals surface area (Å²) in [6, 6.07) is 0. The van der Waals surface area contributed by atoms with Crippen LogP contribution in [0.15, 0.2) is 4.99 Å². The molecular formula is C10H20N2. The smallest absolute Gasteiger partial charge is 0.0968 e. The summed E-state index contributed by atoms with van der Waals surface area (Å²) >= 11 is 0. The SMILES string of the molecule is CC(C)C(C)CN=C(N)C1CC1. The van der Waals surface area contributed by atoms with Crippen molar-refractivity contribution in [1.29, 1.82) is 0 Å². The zero-order valence-electron chi connectivity index (χ0n) is 8.38. The van der Waals surface area contributed by atoms with Gasteiger partial charge < -0.3 is 5.73 Å². The molecule has 0 aromatic rings. The van der Waals surface area contributed by atoms with Crippen molar-refractivity contribution in [2.75, 3.05) is 6.54 Å². The highest BCUT2D eigenvalue weighted by Crippen LogP contribution is 2.28. The maximum absolute atomic E-state index is 5.78. The van der Waals surface area contributed by atoms with E-state index in [1.54, 1.807) is 0 Å². The van der Waals surface area contributed by atoms with Crippen LogP contribution in [-0.4, -0.2) is 12.4 Å². The number of hydrogen-bond donors (Lipinski definition) is 1. The average Bonchev–Trinajstić information content (AvgIpc) is 2.81. The third kappa shape index (κ3) is 2.84. The molecule has 12 heavy (non-hydrogen) atoms. The third-order valence-corrected chi connectivity index (χ3v) is 2.70. The van der Waals surface area contributed by atoms with Gasteiger partial charge in [0.15, 0.2) is 0 Å². The fraction of sp³-hybridized carbons (Fsp3) is 0.900. The number of aliphatic imine (C=N–C) groups is 1. The molecule has 1 unspecified atom stereocenters. The van der Waals surface area contributed by atoms with Gasteiger partial charge in [0.25, 0.3) is 0 Å². The van der Waals surface area contributed by atoms with Gasteiger partial charge in [0.2, 0.25) is 0 Å². The van der Waals surface area contributed by atoms with Crippen LogP contribution in [0.2, 0.25) is 0 Å². The second kappa shape index (κ2) is 3.92. The molecule has 1 aliphatic rings. The van der Waals surface area contributed by atoms with Crippen LogP contribution in [-0.2, 0) is 0 Å². The van der Waals surface area contributed by atoms with Crippen molar-refractivity contribution in [2.45, 2.75) is 33.6 Å². The largest absolute Gasteiger partial charge is 0.387 e. The van der Waals surface area contributed by atoms with Gasteiger partial charge in [-0.2, -0.15) is 0 Å².